The molecule has 0 radical (unpaired) electrons. The molecule has 5 heteroatoms. The van der Waals surface area contributed by atoms with Crippen molar-refractivity contribution in [2.45, 2.75) is 38.8 Å². The third-order valence-corrected chi connectivity index (χ3v) is 4.27. The van der Waals surface area contributed by atoms with E-state index >= 15 is 0 Å². The summed E-state index contributed by atoms with van der Waals surface area (Å²) in [5, 5.41) is 7.45. The van der Waals surface area contributed by atoms with Gasteiger partial charge in [0.1, 0.15) is 5.69 Å². The van der Waals surface area contributed by atoms with Crippen LogP contribution in [0.1, 0.15) is 54.5 Å². The zero-order valence-electron chi connectivity index (χ0n) is 15.4. The molecule has 130 valence electrons. The standard InChI is InChI=1S/C19H28N4O/c1-13(2)17-12-16(21-23(17)6)19(24)20-14(3)18(22(4)5)15-10-8-7-9-11-15/h7-14,18H,1-6H3,(H,20,24). The lowest BCUT2D eigenvalue weighted by molar-refractivity contribution is 0.0909. The van der Waals surface area contributed by atoms with E-state index in [2.05, 4.69) is 41.3 Å². The van der Waals surface area contributed by atoms with E-state index < -0.39 is 0 Å². The van der Waals surface area contributed by atoms with Gasteiger partial charge in [-0.15, -0.1) is 0 Å². The van der Waals surface area contributed by atoms with E-state index in [1.165, 1.54) is 5.56 Å². The number of likely N-dealkylation sites (N-methyl/N-ethyl adjacent to an activating group) is 1. The zero-order chi connectivity index (χ0) is 17.9. The maximum atomic E-state index is 12.6. The molecule has 2 unspecified atom stereocenters. The van der Waals surface area contributed by atoms with Crippen molar-refractivity contribution in [3.63, 3.8) is 0 Å². The van der Waals surface area contributed by atoms with E-state index in [0.29, 0.717) is 11.6 Å². The number of nitrogens with zero attached hydrogens (tertiary/aromatic N) is 3. The van der Waals surface area contributed by atoms with Gasteiger partial charge in [-0.25, -0.2) is 0 Å². The van der Waals surface area contributed by atoms with Gasteiger partial charge in [0, 0.05) is 18.8 Å². The summed E-state index contributed by atoms with van der Waals surface area (Å²) >= 11 is 0. The second-order valence-electron chi connectivity index (χ2n) is 6.81. The van der Waals surface area contributed by atoms with Crippen LogP contribution in [0.25, 0.3) is 0 Å². The fraction of sp³-hybridized carbons (Fsp3) is 0.474. The third kappa shape index (κ3) is 4.03. The smallest absolute Gasteiger partial charge is 0.272 e. The van der Waals surface area contributed by atoms with Crippen molar-refractivity contribution < 1.29 is 4.79 Å². The number of benzene rings is 1. The fourth-order valence-electron chi connectivity index (χ4n) is 3.18. The van der Waals surface area contributed by atoms with Gasteiger partial charge in [-0.2, -0.15) is 5.10 Å². The first-order valence-electron chi connectivity index (χ1n) is 8.37. The Labute approximate surface area is 144 Å². The molecular weight excluding hydrogens is 300 g/mol. The van der Waals surface area contributed by atoms with Gasteiger partial charge in [-0.1, -0.05) is 44.2 Å². The third-order valence-electron chi connectivity index (χ3n) is 4.27. The number of carbonyl (C=O) groups is 1. The second-order valence-corrected chi connectivity index (χ2v) is 6.81. The minimum Gasteiger partial charge on any atom is -0.346 e. The van der Waals surface area contributed by atoms with E-state index in [-0.39, 0.29) is 18.0 Å². The number of hydrogen-bond donors (Lipinski definition) is 1. The second kappa shape index (κ2) is 7.62. The first kappa shape index (κ1) is 18.2. The van der Waals surface area contributed by atoms with E-state index in [1.807, 2.05) is 52.3 Å². The van der Waals surface area contributed by atoms with Crippen LogP contribution in [-0.4, -0.2) is 40.7 Å². The average Bonchev–Trinajstić information content (AvgIpc) is 2.90. The van der Waals surface area contributed by atoms with Gasteiger partial charge in [0.05, 0.1) is 6.04 Å². The van der Waals surface area contributed by atoms with Gasteiger partial charge in [-0.3, -0.25) is 9.48 Å². The summed E-state index contributed by atoms with van der Waals surface area (Å²) in [6.07, 6.45) is 0. The predicted octanol–water partition coefficient (Wildman–Crippen LogP) is 2.96. The zero-order valence-corrected chi connectivity index (χ0v) is 15.4. The minimum atomic E-state index is -0.132. The maximum Gasteiger partial charge on any atom is 0.272 e. The van der Waals surface area contributed by atoms with Crippen LogP contribution in [0.2, 0.25) is 0 Å². The molecule has 1 N–H and O–H groups in total. The Morgan fingerprint density at radius 1 is 1.17 bits per heavy atom. The number of aryl methyl sites for hydroxylation is 1. The quantitative estimate of drug-likeness (QED) is 0.887. The van der Waals surface area contributed by atoms with Crippen LogP contribution >= 0.6 is 0 Å². The Morgan fingerprint density at radius 2 is 1.79 bits per heavy atom. The van der Waals surface area contributed by atoms with Crippen molar-refractivity contribution in [2.24, 2.45) is 7.05 Å². The van der Waals surface area contributed by atoms with E-state index in [9.17, 15) is 4.79 Å². The molecule has 0 bridgehead atoms. The maximum absolute atomic E-state index is 12.6. The molecule has 2 rings (SSSR count). The molecule has 0 saturated heterocycles. The van der Waals surface area contributed by atoms with Crippen molar-refractivity contribution in [3.05, 3.63) is 53.3 Å². The molecule has 1 amide bonds. The van der Waals surface area contributed by atoms with Crippen molar-refractivity contribution >= 4 is 5.91 Å². The normalized spacial score (nSPS) is 14.0. The minimum absolute atomic E-state index is 0.0422. The summed E-state index contributed by atoms with van der Waals surface area (Å²) in [5.74, 6) is 0.202. The van der Waals surface area contributed by atoms with Gasteiger partial charge >= 0.3 is 0 Å². The molecule has 1 heterocycles. The van der Waals surface area contributed by atoms with Gasteiger partial charge in [0.15, 0.2) is 0 Å². The molecule has 24 heavy (non-hydrogen) atoms. The fourth-order valence-corrected chi connectivity index (χ4v) is 3.18. The van der Waals surface area contributed by atoms with Gasteiger partial charge in [-0.05, 0) is 38.6 Å². The predicted molar refractivity (Wildman–Crippen MR) is 97.1 cm³/mol. The first-order valence-corrected chi connectivity index (χ1v) is 8.37. The van der Waals surface area contributed by atoms with Crippen molar-refractivity contribution in [1.29, 1.82) is 0 Å². The Kier molecular flexibility index (Phi) is 5.78. The van der Waals surface area contributed by atoms with Crippen LogP contribution < -0.4 is 5.32 Å². The molecule has 0 fully saturated rings. The Balaban J connectivity index is 2.16. The van der Waals surface area contributed by atoms with E-state index in [1.54, 1.807) is 4.68 Å². The van der Waals surface area contributed by atoms with Crippen molar-refractivity contribution in [3.8, 4) is 0 Å². The molecule has 0 aliphatic rings. The highest BCUT2D eigenvalue weighted by atomic mass is 16.2. The lowest BCUT2D eigenvalue weighted by atomic mass is 9.99. The Morgan fingerprint density at radius 3 is 2.29 bits per heavy atom. The topological polar surface area (TPSA) is 50.2 Å². The summed E-state index contributed by atoms with van der Waals surface area (Å²) in [6.45, 7) is 6.22. The first-order chi connectivity index (χ1) is 11.3. The summed E-state index contributed by atoms with van der Waals surface area (Å²) in [7, 11) is 5.93. The monoisotopic (exact) mass is 328 g/mol. The lowest BCUT2D eigenvalue weighted by Crippen LogP contribution is -2.42. The molecule has 0 saturated carbocycles. The Bertz CT molecular complexity index is 676. The van der Waals surface area contributed by atoms with Crippen LogP contribution in [0, 0.1) is 0 Å². The summed E-state index contributed by atoms with van der Waals surface area (Å²) in [4.78, 5) is 14.7. The van der Waals surface area contributed by atoms with Crippen LogP contribution in [0.15, 0.2) is 36.4 Å². The number of amides is 1. The van der Waals surface area contributed by atoms with Gasteiger partial charge in [0.25, 0.3) is 5.91 Å². The van der Waals surface area contributed by atoms with Crippen molar-refractivity contribution in [1.82, 2.24) is 20.0 Å². The number of carbonyl (C=O) groups excluding carboxylic acids is 1. The Hall–Kier alpha value is -2.14. The molecule has 5 nitrogen and oxygen atoms in total. The van der Waals surface area contributed by atoms with Crippen LogP contribution in [-0.2, 0) is 7.05 Å². The van der Waals surface area contributed by atoms with E-state index in [0.717, 1.165) is 5.69 Å². The molecule has 1 aromatic carbocycles. The van der Waals surface area contributed by atoms with Gasteiger partial charge < -0.3 is 10.2 Å². The largest absolute Gasteiger partial charge is 0.346 e. The molecule has 1 aromatic heterocycles. The molecule has 2 atom stereocenters. The SMILES string of the molecule is CC(C)c1cc(C(=O)NC(C)C(c2ccccc2)N(C)C)nn1C. The number of aromatic nitrogens is 2. The van der Waals surface area contributed by atoms with Crippen LogP contribution in [0.4, 0.5) is 0 Å². The van der Waals surface area contributed by atoms with Crippen LogP contribution in [0.5, 0.6) is 0 Å². The number of rotatable bonds is 6. The molecule has 0 spiro atoms. The highest BCUT2D eigenvalue weighted by molar-refractivity contribution is 5.92. The molecule has 2 aromatic rings. The highest BCUT2D eigenvalue weighted by Crippen LogP contribution is 2.22. The lowest BCUT2D eigenvalue weighted by Gasteiger charge is -2.31. The average molecular weight is 328 g/mol. The summed E-state index contributed by atoms with van der Waals surface area (Å²) in [6, 6.07) is 12.2. The molecule has 0 aliphatic carbocycles. The van der Waals surface area contributed by atoms with E-state index in [4.69, 9.17) is 0 Å². The number of nitrogens with one attached hydrogen (secondary N) is 1. The molecular formula is C19H28N4O. The highest BCUT2D eigenvalue weighted by Gasteiger charge is 2.24. The summed E-state index contributed by atoms with van der Waals surface area (Å²) < 4.78 is 1.78. The van der Waals surface area contributed by atoms with Gasteiger partial charge in [0.2, 0.25) is 0 Å². The molecule has 0 aliphatic heterocycles. The number of hydrogen-bond acceptors (Lipinski definition) is 3. The van der Waals surface area contributed by atoms with Crippen LogP contribution in [0.3, 0.4) is 0 Å². The summed E-state index contributed by atoms with van der Waals surface area (Å²) in [5.41, 5.74) is 2.71. The van der Waals surface area contributed by atoms with Crippen molar-refractivity contribution in [2.75, 3.05) is 14.1 Å².